The molecule has 128 valence electrons. The van der Waals surface area contributed by atoms with E-state index >= 15 is 0 Å². The van der Waals surface area contributed by atoms with Gasteiger partial charge in [0.05, 0.1) is 12.1 Å². The van der Waals surface area contributed by atoms with Gasteiger partial charge in [-0.05, 0) is 30.7 Å². The van der Waals surface area contributed by atoms with E-state index in [1.807, 2.05) is 6.92 Å². The van der Waals surface area contributed by atoms with Gasteiger partial charge in [-0.15, -0.1) is 5.10 Å². The summed E-state index contributed by atoms with van der Waals surface area (Å²) in [4.78, 5) is 11.8. The molecule has 0 spiro atoms. The summed E-state index contributed by atoms with van der Waals surface area (Å²) >= 11 is 0. The van der Waals surface area contributed by atoms with Crippen molar-refractivity contribution in [3.8, 4) is 11.5 Å². The summed E-state index contributed by atoms with van der Waals surface area (Å²) in [5.41, 5.74) is -0.160. The van der Waals surface area contributed by atoms with Crippen LogP contribution < -0.4 is 5.76 Å². The predicted molar refractivity (Wildman–Crippen MR) is 81.3 cm³/mol. The fourth-order valence-electron chi connectivity index (χ4n) is 2.01. The maximum absolute atomic E-state index is 12.6. The van der Waals surface area contributed by atoms with Gasteiger partial charge in [-0.2, -0.15) is 17.9 Å². The van der Waals surface area contributed by atoms with Gasteiger partial charge < -0.3 is 9.52 Å². The highest BCUT2D eigenvalue weighted by atomic mass is 19.4. The van der Waals surface area contributed by atoms with Gasteiger partial charge in [-0.25, -0.2) is 4.79 Å². The summed E-state index contributed by atoms with van der Waals surface area (Å²) in [5, 5.41) is 13.4. The Labute approximate surface area is 135 Å². The van der Waals surface area contributed by atoms with E-state index in [1.54, 1.807) is 6.08 Å². The van der Waals surface area contributed by atoms with Crippen molar-refractivity contribution >= 4 is 0 Å². The largest absolute Gasteiger partial charge is 0.508 e. The second-order valence-electron chi connectivity index (χ2n) is 4.99. The lowest BCUT2D eigenvalue weighted by Crippen LogP contribution is -2.17. The Morgan fingerprint density at radius 3 is 2.50 bits per heavy atom. The number of halogens is 3. The molecule has 1 heterocycles. The number of rotatable bonds is 5. The predicted octanol–water partition coefficient (Wildman–Crippen LogP) is 3.93. The molecule has 0 saturated heterocycles. The van der Waals surface area contributed by atoms with Gasteiger partial charge in [0.15, 0.2) is 0 Å². The minimum absolute atomic E-state index is 0.0495. The molecule has 0 fully saturated rings. The molecule has 0 radical (unpaired) electrons. The van der Waals surface area contributed by atoms with Crippen molar-refractivity contribution < 1.29 is 22.7 Å². The van der Waals surface area contributed by atoms with Gasteiger partial charge in [0.1, 0.15) is 5.76 Å². The number of allylic oxidation sites excluding steroid dienone is 2. The summed E-state index contributed by atoms with van der Waals surface area (Å²) in [7, 11) is 0. The maximum atomic E-state index is 12.6. The number of nitrogens with zero attached hydrogens (tertiary/aromatic N) is 2. The van der Waals surface area contributed by atoms with Gasteiger partial charge >= 0.3 is 11.9 Å². The molecule has 1 N–H and O–H groups in total. The summed E-state index contributed by atoms with van der Waals surface area (Å²) in [5.74, 6) is -1.08. The smallest absolute Gasteiger partial charge is 0.437 e. The van der Waals surface area contributed by atoms with Crippen LogP contribution in [0.25, 0.3) is 11.5 Å². The average Bonchev–Trinajstić information content (AvgIpc) is 2.87. The van der Waals surface area contributed by atoms with E-state index in [9.17, 15) is 23.1 Å². The van der Waals surface area contributed by atoms with E-state index in [2.05, 4.69) is 11.7 Å². The molecule has 0 aliphatic heterocycles. The highest BCUT2D eigenvalue weighted by Crippen LogP contribution is 2.30. The van der Waals surface area contributed by atoms with Crippen LogP contribution in [0.15, 0.2) is 57.5 Å². The Hall–Kier alpha value is -2.77. The van der Waals surface area contributed by atoms with Crippen molar-refractivity contribution in [3.05, 3.63) is 64.4 Å². The topological polar surface area (TPSA) is 68.3 Å². The molecule has 0 unspecified atom stereocenters. The van der Waals surface area contributed by atoms with Gasteiger partial charge in [0.25, 0.3) is 0 Å². The number of aliphatic hydroxyl groups is 1. The third-order valence-corrected chi connectivity index (χ3v) is 3.21. The third kappa shape index (κ3) is 3.95. The lowest BCUT2D eigenvalue weighted by Gasteiger charge is -2.06. The molecular formula is C16H15F3N2O3. The molecule has 1 aromatic heterocycles. The van der Waals surface area contributed by atoms with Crippen molar-refractivity contribution in [2.45, 2.75) is 26.1 Å². The molecule has 0 saturated carbocycles. The number of aliphatic hydroxyl groups excluding tert-OH is 1. The monoisotopic (exact) mass is 340 g/mol. The van der Waals surface area contributed by atoms with Crippen molar-refractivity contribution in [2.75, 3.05) is 0 Å². The van der Waals surface area contributed by atoms with Gasteiger partial charge in [-0.3, -0.25) is 0 Å². The number of aromatic nitrogens is 2. The van der Waals surface area contributed by atoms with Crippen LogP contribution in [0.4, 0.5) is 13.2 Å². The Bertz CT molecular complexity index is 814. The van der Waals surface area contributed by atoms with Crippen LogP contribution in [0, 0.1) is 0 Å². The minimum atomic E-state index is -4.44. The first-order chi connectivity index (χ1) is 11.2. The number of hydrogen-bond acceptors (Lipinski definition) is 4. The molecule has 0 atom stereocenters. The Morgan fingerprint density at radius 1 is 1.38 bits per heavy atom. The van der Waals surface area contributed by atoms with E-state index in [1.165, 1.54) is 12.1 Å². The van der Waals surface area contributed by atoms with Crippen LogP contribution in [-0.2, 0) is 12.7 Å². The molecule has 0 amide bonds. The molecule has 0 aliphatic carbocycles. The molecule has 5 nitrogen and oxygen atoms in total. The van der Waals surface area contributed by atoms with Crippen LogP contribution >= 0.6 is 0 Å². The van der Waals surface area contributed by atoms with Crippen LogP contribution in [-0.4, -0.2) is 14.9 Å². The minimum Gasteiger partial charge on any atom is -0.508 e. The summed E-state index contributed by atoms with van der Waals surface area (Å²) in [6, 6.07) is 4.11. The first kappa shape index (κ1) is 17.6. The molecule has 2 rings (SSSR count). The van der Waals surface area contributed by atoms with Gasteiger partial charge in [0.2, 0.25) is 5.89 Å². The summed E-state index contributed by atoms with van der Waals surface area (Å²) < 4.78 is 43.6. The fraction of sp³-hybridized carbons (Fsp3) is 0.250. The van der Waals surface area contributed by atoms with Gasteiger partial charge in [0, 0.05) is 11.1 Å². The zero-order valence-electron chi connectivity index (χ0n) is 12.8. The van der Waals surface area contributed by atoms with E-state index in [0.717, 1.165) is 16.8 Å². The summed E-state index contributed by atoms with van der Waals surface area (Å²) in [6.45, 7) is 5.20. The highest BCUT2D eigenvalue weighted by molar-refractivity contribution is 5.53. The van der Waals surface area contributed by atoms with Crippen LogP contribution in [0.2, 0.25) is 0 Å². The molecule has 8 heteroatoms. The number of benzene rings is 1. The van der Waals surface area contributed by atoms with Crippen molar-refractivity contribution in [1.29, 1.82) is 0 Å². The lowest BCUT2D eigenvalue weighted by atomic mass is 10.1. The van der Waals surface area contributed by atoms with Crippen molar-refractivity contribution in [1.82, 2.24) is 9.78 Å². The Morgan fingerprint density at radius 2 is 2.00 bits per heavy atom. The third-order valence-electron chi connectivity index (χ3n) is 3.21. The molecular weight excluding hydrogens is 325 g/mol. The normalized spacial score (nSPS) is 12.4. The van der Waals surface area contributed by atoms with Crippen molar-refractivity contribution in [3.63, 3.8) is 0 Å². The second kappa shape index (κ2) is 6.77. The molecule has 1 aromatic carbocycles. The SMILES string of the molecule is C=C(O)/C(=C\CC)Cn1nc(-c2ccc(C(F)(F)F)cc2)oc1=O. The van der Waals surface area contributed by atoms with E-state index in [-0.39, 0.29) is 23.8 Å². The molecule has 0 bridgehead atoms. The van der Waals surface area contributed by atoms with Gasteiger partial charge in [-0.1, -0.05) is 19.6 Å². The second-order valence-corrected chi connectivity index (χ2v) is 4.99. The molecule has 0 aliphatic rings. The van der Waals surface area contributed by atoms with Crippen LogP contribution in [0.5, 0.6) is 0 Å². The van der Waals surface area contributed by atoms with Crippen LogP contribution in [0.3, 0.4) is 0 Å². The number of alkyl halides is 3. The number of hydrogen-bond donors (Lipinski definition) is 1. The quantitative estimate of drug-likeness (QED) is 0.661. The molecule has 24 heavy (non-hydrogen) atoms. The maximum Gasteiger partial charge on any atom is 0.437 e. The summed E-state index contributed by atoms with van der Waals surface area (Å²) in [6.07, 6.45) is -2.14. The zero-order chi connectivity index (χ0) is 17.9. The van der Waals surface area contributed by atoms with Crippen LogP contribution in [0.1, 0.15) is 18.9 Å². The van der Waals surface area contributed by atoms with E-state index in [0.29, 0.717) is 12.0 Å². The van der Waals surface area contributed by atoms with E-state index < -0.39 is 17.5 Å². The van der Waals surface area contributed by atoms with E-state index in [4.69, 9.17) is 4.42 Å². The lowest BCUT2D eigenvalue weighted by molar-refractivity contribution is -0.137. The van der Waals surface area contributed by atoms with Crippen molar-refractivity contribution in [2.24, 2.45) is 0 Å². The Kier molecular flexibility index (Phi) is 4.96. The average molecular weight is 340 g/mol. The zero-order valence-corrected chi connectivity index (χ0v) is 12.8. The standard InChI is InChI=1S/C16H15F3N2O3/c1-3-4-12(10(2)22)9-21-15(23)24-14(20-21)11-5-7-13(8-6-11)16(17,18)19/h4-8,22H,2-3,9H2,1H3/b12-4-. The Balaban J connectivity index is 2.30. The highest BCUT2D eigenvalue weighted by Gasteiger charge is 2.30. The fourth-order valence-corrected chi connectivity index (χ4v) is 2.01. The first-order valence-electron chi connectivity index (χ1n) is 7.05. The molecule has 2 aromatic rings. The first-order valence-corrected chi connectivity index (χ1v) is 7.05.